The van der Waals surface area contributed by atoms with Crippen molar-refractivity contribution in [1.29, 1.82) is 5.26 Å². The maximum atomic E-state index is 13.3. The molecule has 0 radical (unpaired) electrons. The number of hydrogen-bond acceptors (Lipinski definition) is 5. The molecule has 1 atom stereocenters. The van der Waals surface area contributed by atoms with Gasteiger partial charge < -0.3 is 9.88 Å². The van der Waals surface area contributed by atoms with Crippen molar-refractivity contribution in [3.8, 4) is 6.07 Å². The van der Waals surface area contributed by atoms with Crippen LogP contribution in [0.3, 0.4) is 0 Å². The van der Waals surface area contributed by atoms with Crippen molar-refractivity contribution >= 4 is 21.7 Å². The van der Waals surface area contributed by atoms with E-state index in [4.69, 9.17) is 5.14 Å². The number of sulfonamides is 1. The molecule has 0 aliphatic rings. The van der Waals surface area contributed by atoms with Gasteiger partial charge in [0.25, 0.3) is 0 Å². The van der Waals surface area contributed by atoms with Crippen LogP contribution in [-0.4, -0.2) is 37.4 Å². The first-order valence-electron chi connectivity index (χ1n) is 10.9. The Kier molecular flexibility index (Phi) is 7.75. The van der Waals surface area contributed by atoms with Gasteiger partial charge in [-0.05, 0) is 68.8 Å². The molecule has 1 heterocycles. The van der Waals surface area contributed by atoms with Crippen LogP contribution in [0.2, 0.25) is 0 Å². The van der Waals surface area contributed by atoms with E-state index in [1.165, 1.54) is 24.3 Å². The Hall–Kier alpha value is -3.52. The molecule has 0 saturated heterocycles. The van der Waals surface area contributed by atoms with E-state index in [9.17, 15) is 22.9 Å². The lowest BCUT2D eigenvalue weighted by Crippen LogP contribution is -2.33. The molecule has 0 spiro atoms. The van der Waals surface area contributed by atoms with E-state index in [2.05, 4.69) is 11.4 Å². The summed E-state index contributed by atoms with van der Waals surface area (Å²) in [7, 11) is -2.01. The topological polar surface area (TPSA) is 121 Å². The number of nitrogens with one attached hydrogen (secondary N) is 1. The lowest BCUT2D eigenvalue weighted by atomic mass is 10.1. The van der Waals surface area contributed by atoms with Crippen molar-refractivity contribution in [2.75, 3.05) is 18.9 Å². The molecule has 3 N–H and O–H groups in total. The number of nitriles is 1. The van der Waals surface area contributed by atoms with Crippen molar-refractivity contribution < 1.29 is 17.6 Å². The molecule has 3 aromatic rings. The van der Waals surface area contributed by atoms with Crippen molar-refractivity contribution in [1.82, 2.24) is 9.47 Å². The minimum absolute atomic E-state index is 0.0190. The van der Waals surface area contributed by atoms with E-state index in [1.807, 2.05) is 25.3 Å². The summed E-state index contributed by atoms with van der Waals surface area (Å²) in [6.45, 7) is 5.99. The standard InChI is InChI=1S/C25H28FN5O3S/c1-16-17(2)31(14-19-5-9-21(26)10-6-19)25(23(16)13-27)29-24(32)15-30(4)18(3)20-7-11-22(12-8-20)35(28,33)34/h5-12,18H,14-15H2,1-4H3,(H,29,32)(H2,28,33,34). The Morgan fingerprint density at radius 2 is 1.77 bits per heavy atom. The fraction of sp³-hybridized carbons (Fsp3) is 0.280. The monoisotopic (exact) mass is 497 g/mol. The summed E-state index contributed by atoms with van der Waals surface area (Å²) in [5.41, 5.74) is 3.63. The third-order valence-corrected chi connectivity index (χ3v) is 7.13. The van der Waals surface area contributed by atoms with Crippen LogP contribution in [0.4, 0.5) is 10.2 Å². The van der Waals surface area contributed by atoms with Gasteiger partial charge in [-0.25, -0.2) is 17.9 Å². The molecule has 0 aliphatic heterocycles. The highest BCUT2D eigenvalue weighted by molar-refractivity contribution is 7.89. The molecule has 0 saturated carbocycles. The van der Waals surface area contributed by atoms with Crippen LogP contribution in [-0.2, 0) is 21.4 Å². The molecule has 0 fully saturated rings. The molecule has 0 bridgehead atoms. The van der Waals surface area contributed by atoms with Gasteiger partial charge in [-0.15, -0.1) is 0 Å². The van der Waals surface area contributed by atoms with E-state index >= 15 is 0 Å². The summed E-state index contributed by atoms with van der Waals surface area (Å²) in [5, 5.41) is 17.8. The van der Waals surface area contributed by atoms with Gasteiger partial charge in [-0.3, -0.25) is 9.69 Å². The number of nitrogens with two attached hydrogens (primary N) is 1. The predicted molar refractivity (Wildman–Crippen MR) is 132 cm³/mol. The van der Waals surface area contributed by atoms with Gasteiger partial charge in [0.05, 0.1) is 17.0 Å². The minimum Gasteiger partial charge on any atom is -0.326 e. The van der Waals surface area contributed by atoms with Gasteiger partial charge in [-0.1, -0.05) is 24.3 Å². The number of benzene rings is 2. The molecule has 1 amide bonds. The van der Waals surface area contributed by atoms with Crippen LogP contribution in [0.15, 0.2) is 53.4 Å². The zero-order valence-electron chi connectivity index (χ0n) is 20.0. The molecule has 8 nitrogen and oxygen atoms in total. The summed E-state index contributed by atoms with van der Waals surface area (Å²) in [4.78, 5) is 14.8. The predicted octanol–water partition coefficient (Wildman–Crippen LogP) is 3.44. The van der Waals surface area contributed by atoms with Gasteiger partial charge in [0, 0.05) is 18.3 Å². The minimum atomic E-state index is -3.78. The number of primary sulfonamides is 1. The second kappa shape index (κ2) is 10.4. The molecule has 10 heteroatoms. The molecule has 3 rings (SSSR count). The van der Waals surface area contributed by atoms with Crippen LogP contribution < -0.4 is 10.5 Å². The number of amides is 1. The number of hydrogen-bond donors (Lipinski definition) is 2. The maximum Gasteiger partial charge on any atom is 0.239 e. The third kappa shape index (κ3) is 5.95. The Labute approximate surface area is 204 Å². The Balaban J connectivity index is 1.78. The van der Waals surface area contributed by atoms with Crippen molar-refractivity contribution in [2.24, 2.45) is 5.14 Å². The van der Waals surface area contributed by atoms with Crippen LogP contribution >= 0.6 is 0 Å². The smallest absolute Gasteiger partial charge is 0.239 e. The SMILES string of the molecule is Cc1c(C#N)c(NC(=O)CN(C)C(C)c2ccc(S(N)(=O)=O)cc2)n(Cc2ccc(F)cc2)c1C. The fourth-order valence-electron chi connectivity index (χ4n) is 3.83. The van der Waals surface area contributed by atoms with E-state index in [-0.39, 0.29) is 29.2 Å². The summed E-state index contributed by atoms with van der Waals surface area (Å²) >= 11 is 0. The number of carbonyl (C=O) groups excluding carboxylic acids is 1. The molecular weight excluding hydrogens is 469 g/mol. The summed E-state index contributed by atoms with van der Waals surface area (Å²) in [6.07, 6.45) is 0. The number of carbonyl (C=O) groups is 1. The van der Waals surface area contributed by atoms with Gasteiger partial charge in [0.2, 0.25) is 15.9 Å². The van der Waals surface area contributed by atoms with Crippen molar-refractivity contribution in [3.63, 3.8) is 0 Å². The zero-order chi connectivity index (χ0) is 25.9. The molecule has 0 aliphatic carbocycles. The molecule has 1 aromatic heterocycles. The van der Waals surface area contributed by atoms with Crippen LogP contribution in [0.25, 0.3) is 0 Å². The van der Waals surface area contributed by atoms with E-state index in [1.54, 1.807) is 36.2 Å². The highest BCUT2D eigenvalue weighted by Gasteiger charge is 2.22. The van der Waals surface area contributed by atoms with E-state index < -0.39 is 10.0 Å². The lowest BCUT2D eigenvalue weighted by molar-refractivity contribution is -0.117. The summed E-state index contributed by atoms with van der Waals surface area (Å²) < 4.78 is 38.1. The number of halogens is 1. The van der Waals surface area contributed by atoms with E-state index in [0.29, 0.717) is 17.9 Å². The first kappa shape index (κ1) is 26.1. The number of anilines is 1. The normalized spacial score (nSPS) is 12.4. The van der Waals surface area contributed by atoms with Gasteiger partial charge in [0.1, 0.15) is 17.7 Å². The molecule has 184 valence electrons. The van der Waals surface area contributed by atoms with Crippen LogP contribution in [0, 0.1) is 31.0 Å². The number of rotatable bonds is 8. The second-order valence-corrected chi connectivity index (χ2v) is 10.1. The van der Waals surface area contributed by atoms with Gasteiger partial charge >= 0.3 is 0 Å². The quantitative estimate of drug-likeness (QED) is 0.494. The number of likely N-dealkylation sites (N-methyl/N-ethyl adjacent to an activating group) is 1. The third-order valence-electron chi connectivity index (χ3n) is 6.20. The van der Waals surface area contributed by atoms with Crippen molar-refractivity contribution in [2.45, 2.75) is 38.3 Å². The highest BCUT2D eigenvalue weighted by Crippen LogP contribution is 2.28. The fourth-order valence-corrected chi connectivity index (χ4v) is 4.34. The first-order valence-corrected chi connectivity index (χ1v) is 12.4. The molecule has 35 heavy (non-hydrogen) atoms. The zero-order valence-corrected chi connectivity index (χ0v) is 20.9. The summed E-state index contributed by atoms with van der Waals surface area (Å²) in [5.74, 6) is -0.248. The molecule has 1 unspecified atom stereocenters. The number of aromatic nitrogens is 1. The molecular formula is C25H28FN5O3S. The maximum absolute atomic E-state index is 13.3. The lowest BCUT2D eigenvalue weighted by Gasteiger charge is -2.25. The largest absolute Gasteiger partial charge is 0.326 e. The van der Waals surface area contributed by atoms with Crippen LogP contribution in [0.1, 0.15) is 40.9 Å². The average Bonchev–Trinajstić information content (AvgIpc) is 3.03. The average molecular weight is 498 g/mol. The Morgan fingerprint density at radius 3 is 2.31 bits per heavy atom. The second-order valence-electron chi connectivity index (χ2n) is 8.51. The Morgan fingerprint density at radius 1 is 1.17 bits per heavy atom. The van der Waals surface area contributed by atoms with Gasteiger partial charge in [-0.2, -0.15) is 5.26 Å². The van der Waals surface area contributed by atoms with E-state index in [0.717, 1.165) is 22.4 Å². The van der Waals surface area contributed by atoms with Gasteiger partial charge in [0.15, 0.2) is 0 Å². The summed E-state index contributed by atoms with van der Waals surface area (Å²) in [6, 6.07) is 14.2. The highest BCUT2D eigenvalue weighted by atomic mass is 32.2. The number of nitrogens with zero attached hydrogens (tertiary/aromatic N) is 3. The molecule has 2 aromatic carbocycles. The van der Waals surface area contributed by atoms with Crippen LogP contribution in [0.5, 0.6) is 0 Å². The van der Waals surface area contributed by atoms with Crippen molar-refractivity contribution in [3.05, 3.63) is 82.3 Å². The Bertz CT molecular complexity index is 1370. The first-order chi connectivity index (χ1) is 16.4.